The van der Waals surface area contributed by atoms with E-state index in [9.17, 15) is 10.1 Å². The predicted octanol–water partition coefficient (Wildman–Crippen LogP) is 4.57. The average molecular weight is 387 g/mol. The van der Waals surface area contributed by atoms with Gasteiger partial charge in [-0.15, -0.1) is 0 Å². The monoisotopic (exact) mass is 385 g/mol. The third kappa shape index (κ3) is 3.51. The maximum absolute atomic E-state index is 11.0. The number of anilines is 2. The van der Waals surface area contributed by atoms with Gasteiger partial charge < -0.3 is 5.32 Å². The first-order valence-electron chi connectivity index (χ1n) is 5.30. The Labute approximate surface area is 126 Å². The smallest absolute Gasteiger partial charge is 0.312 e. The van der Waals surface area contributed by atoms with E-state index in [4.69, 9.17) is 0 Å². The second-order valence-electron chi connectivity index (χ2n) is 3.92. The Balaban J connectivity index is 2.40. The quantitative estimate of drug-likeness (QED) is 0.619. The SMILES string of the molecule is Cc1cc(Br)cc(Nc2ncc(Br)cc2[N+](=O)[O-])c1. The van der Waals surface area contributed by atoms with Gasteiger partial charge in [-0.3, -0.25) is 10.1 Å². The van der Waals surface area contributed by atoms with E-state index in [1.165, 1.54) is 12.3 Å². The molecule has 2 rings (SSSR count). The Morgan fingerprint density at radius 2 is 1.95 bits per heavy atom. The molecule has 2 aromatic rings. The number of rotatable bonds is 3. The van der Waals surface area contributed by atoms with Gasteiger partial charge in [-0.25, -0.2) is 4.98 Å². The molecule has 1 aromatic heterocycles. The van der Waals surface area contributed by atoms with Crippen LogP contribution in [0.4, 0.5) is 17.2 Å². The van der Waals surface area contributed by atoms with Gasteiger partial charge in [0.1, 0.15) is 0 Å². The molecule has 0 aliphatic carbocycles. The first kappa shape index (κ1) is 14.0. The summed E-state index contributed by atoms with van der Waals surface area (Å²) in [6, 6.07) is 7.09. The maximum Gasteiger partial charge on any atom is 0.312 e. The maximum atomic E-state index is 11.0. The van der Waals surface area contributed by atoms with Gasteiger partial charge in [0, 0.05) is 26.9 Å². The molecule has 0 saturated heterocycles. The van der Waals surface area contributed by atoms with Gasteiger partial charge in [0.15, 0.2) is 0 Å². The molecule has 0 spiro atoms. The van der Waals surface area contributed by atoms with E-state index < -0.39 is 4.92 Å². The summed E-state index contributed by atoms with van der Waals surface area (Å²) in [6.07, 6.45) is 1.51. The summed E-state index contributed by atoms with van der Waals surface area (Å²) in [5, 5.41) is 14.0. The van der Waals surface area contributed by atoms with Crippen molar-refractivity contribution in [2.24, 2.45) is 0 Å². The molecule has 0 amide bonds. The molecule has 0 fully saturated rings. The molecule has 0 radical (unpaired) electrons. The van der Waals surface area contributed by atoms with Crippen molar-refractivity contribution in [3.05, 3.63) is 55.1 Å². The van der Waals surface area contributed by atoms with Crippen LogP contribution in [0.5, 0.6) is 0 Å². The van der Waals surface area contributed by atoms with Crippen molar-refractivity contribution in [3.63, 3.8) is 0 Å². The van der Waals surface area contributed by atoms with Crippen LogP contribution in [0, 0.1) is 17.0 Å². The number of aromatic nitrogens is 1. The van der Waals surface area contributed by atoms with Crippen molar-refractivity contribution in [1.82, 2.24) is 4.98 Å². The fraction of sp³-hybridized carbons (Fsp3) is 0.0833. The van der Waals surface area contributed by atoms with E-state index in [1.54, 1.807) is 0 Å². The van der Waals surface area contributed by atoms with E-state index in [2.05, 4.69) is 42.2 Å². The number of aryl methyl sites for hydroxylation is 1. The van der Waals surface area contributed by atoms with Crippen molar-refractivity contribution in [2.45, 2.75) is 6.92 Å². The normalized spacial score (nSPS) is 10.3. The Morgan fingerprint density at radius 3 is 2.58 bits per heavy atom. The predicted molar refractivity (Wildman–Crippen MR) is 80.8 cm³/mol. The zero-order chi connectivity index (χ0) is 14.0. The number of pyridine rings is 1. The third-order valence-electron chi connectivity index (χ3n) is 2.34. The van der Waals surface area contributed by atoms with Crippen LogP contribution < -0.4 is 5.32 Å². The molecular weight excluding hydrogens is 378 g/mol. The first-order valence-corrected chi connectivity index (χ1v) is 6.88. The highest BCUT2D eigenvalue weighted by molar-refractivity contribution is 9.10. The second kappa shape index (κ2) is 5.66. The number of nitrogens with one attached hydrogen (secondary N) is 1. The molecule has 19 heavy (non-hydrogen) atoms. The highest BCUT2D eigenvalue weighted by Crippen LogP contribution is 2.29. The molecule has 0 atom stereocenters. The van der Waals surface area contributed by atoms with E-state index in [1.807, 2.05) is 25.1 Å². The fourth-order valence-corrected chi connectivity index (χ4v) is 2.54. The minimum atomic E-state index is -0.467. The van der Waals surface area contributed by atoms with Crippen LogP contribution in [0.3, 0.4) is 0 Å². The summed E-state index contributed by atoms with van der Waals surface area (Å²) in [5.41, 5.74) is 1.70. The largest absolute Gasteiger partial charge is 0.334 e. The number of hydrogen-bond donors (Lipinski definition) is 1. The summed E-state index contributed by atoms with van der Waals surface area (Å²) in [6.45, 7) is 1.94. The van der Waals surface area contributed by atoms with E-state index in [-0.39, 0.29) is 11.5 Å². The summed E-state index contributed by atoms with van der Waals surface area (Å²) in [4.78, 5) is 14.6. The first-order chi connectivity index (χ1) is 8.95. The van der Waals surface area contributed by atoms with Crippen molar-refractivity contribution in [2.75, 3.05) is 5.32 Å². The highest BCUT2D eigenvalue weighted by Gasteiger charge is 2.16. The number of benzene rings is 1. The van der Waals surface area contributed by atoms with E-state index >= 15 is 0 Å². The van der Waals surface area contributed by atoms with Gasteiger partial charge in [0.05, 0.1) is 4.92 Å². The number of nitrogens with zero attached hydrogens (tertiary/aromatic N) is 2. The minimum absolute atomic E-state index is 0.0768. The standard InChI is InChI=1S/C12H9Br2N3O2/c1-7-2-8(13)4-10(3-7)16-12-11(17(18)19)5-9(14)6-15-12/h2-6H,1H3,(H,15,16). The van der Waals surface area contributed by atoms with Crippen LogP contribution in [0.2, 0.25) is 0 Å². The molecule has 0 saturated carbocycles. The lowest BCUT2D eigenvalue weighted by Crippen LogP contribution is -2.00. The molecule has 1 N–H and O–H groups in total. The molecule has 0 aliphatic heterocycles. The fourth-order valence-electron chi connectivity index (χ4n) is 1.61. The molecule has 7 heteroatoms. The Hall–Kier alpha value is -1.47. The average Bonchev–Trinajstić information content (AvgIpc) is 2.30. The zero-order valence-electron chi connectivity index (χ0n) is 9.85. The van der Waals surface area contributed by atoms with Crippen LogP contribution in [0.15, 0.2) is 39.4 Å². The Kier molecular flexibility index (Phi) is 4.16. The topological polar surface area (TPSA) is 68.1 Å². The van der Waals surface area contributed by atoms with Crippen LogP contribution >= 0.6 is 31.9 Å². The van der Waals surface area contributed by atoms with Gasteiger partial charge in [0.2, 0.25) is 5.82 Å². The Morgan fingerprint density at radius 1 is 1.21 bits per heavy atom. The van der Waals surface area contributed by atoms with Crippen LogP contribution in [-0.2, 0) is 0 Å². The summed E-state index contributed by atoms with van der Waals surface area (Å²) in [5.74, 6) is 0.214. The summed E-state index contributed by atoms with van der Waals surface area (Å²) in [7, 11) is 0. The molecule has 0 bridgehead atoms. The second-order valence-corrected chi connectivity index (χ2v) is 5.75. The van der Waals surface area contributed by atoms with Gasteiger partial charge in [0.25, 0.3) is 0 Å². The van der Waals surface area contributed by atoms with Crippen molar-refractivity contribution < 1.29 is 4.92 Å². The van der Waals surface area contributed by atoms with Gasteiger partial charge in [-0.05, 0) is 46.6 Å². The lowest BCUT2D eigenvalue weighted by molar-refractivity contribution is -0.384. The minimum Gasteiger partial charge on any atom is -0.334 e. The Bertz CT molecular complexity index is 627. The molecule has 1 aromatic carbocycles. The molecular formula is C12H9Br2N3O2. The molecule has 1 heterocycles. The van der Waals surface area contributed by atoms with Crippen molar-refractivity contribution in [1.29, 1.82) is 0 Å². The van der Waals surface area contributed by atoms with Gasteiger partial charge in [-0.1, -0.05) is 15.9 Å². The summed E-state index contributed by atoms with van der Waals surface area (Å²) >= 11 is 6.55. The number of halogens is 2. The van der Waals surface area contributed by atoms with Crippen molar-refractivity contribution >= 4 is 49.1 Å². The molecule has 5 nitrogen and oxygen atoms in total. The van der Waals surface area contributed by atoms with Crippen LogP contribution in [0.1, 0.15) is 5.56 Å². The van der Waals surface area contributed by atoms with Gasteiger partial charge in [-0.2, -0.15) is 0 Å². The van der Waals surface area contributed by atoms with Crippen molar-refractivity contribution in [3.8, 4) is 0 Å². The van der Waals surface area contributed by atoms with E-state index in [0.717, 1.165) is 15.7 Å². The van der Waals surface area contributed by atoms with E-state index in [0.29, 0.717) is 4.47 Å². The van der Waals surface area contributed by atoms with Gasteiger partial charge >= 0.3 is 5.69 Å². The number of hydrogen-bond acceptors (Lipinski definition) is 4. The lowest BCUT2D eigenvalue weighted by Gasteiger charge is -2.08. The number of nitro groups is 1. The zero-order valence-corrected chi connectivity index (χ0v) is 13.0. The van der Waals surface area contributed by atoms with Crippen LogP contribution in [-0.4, -0.2) is 9.91 Å². The summed E-state index contributed by atoms with van der Waals surface area (Å²) < 4.78 is 1.46. The molecule has 0 unspecified atom stereocenters. The third-order valence-corrected chi connectivity index (χ3v) is 3.23. The molecule has 0 aliphatic rings. The van der Waals surface area contributed by atoms with Crippen LogP contribution in [0.25, 0.3) is 0 Å². The molecule has 98 valence electrons. The highest BCUT2D eigenvalue weighted by atomic mass is 79.9. The lowest BCUT2D eigenvalue weighted by atomic mass is 10.2.